The molecule has 1 aliphatic rings. The Morgan fingerprint density at radius 2 is 1.89 bits per heavy atom. The molecule has 0 aliphatic heterocycles. The van der Waals surface area contributed by atoms with Crippen molar-refractivity contribution in [2.24, 2.45) is 5.92 Å². The summed E-state index contributed by atoms with van der Waals surface area (Å²) in [4.78, 5) is 11.2. The Balaban J connectivity index is 2.04. The number of hydrogen-bond acceptors (Lipinski definition) is 3. The van der Waals surface area contributed by atoms with Gasteiger partial charge in [-0.25, -0.2) is 9.18 Å². The van der Waals surface area contributed by atoms with E-state index in [0.29, 0.717) is 18.1 Å². The van der Waals surface area contributed by atoms with Crippen molar-refractivity contribution in [1.82, 2.24) is 0 Å². The predicted molar refractivity (Wildman–Crippen MR) is 97.1 cm³/mol. The summed E-state index contributed by atoms with van der Waals surface area (Å²) in [6.45, 7) is 3.82. The van der Waals surface area contributed by atoms with Crippen LogP contribution in [0.5, 0.6) is 11.5 Å². The van der Waals surface area contributed by atoms with E-state index < -0.39 is 29.5 Å². The maximum Gasteiger partial charge on any atom is 0.344 e. The van der Waals surface area contributed by atoms with Gasteiger partial charge in [0.05, 0.1) is 6.61 Å². The summed E-state index contributed by atoms with van der Waals surface area (Å²) in [5.41, 5.74) is 1.91. The molecule has 1 fully saturated rings. The predicted octanol–water partition coefficient (Wildman–Crippen LogP) is 4.97. The van der Waals surface area contributed by atoms with Crippen LogP contribution in [0.15, 0.2) is 30.3 Å². The molecule has 0 spiro atoms. The first-order valence-electron chi connectivity index (χ1n) is 9.02. The topological polar surface area (TPSA) is 55.8 Å². The smallest absolute Gasteiger partial charge is 0.344 e. The van der Waals surface area contributed by atoms with Crippen LogP contribution in [0.1, 0.15) is 31.7 Å². The second-order valence-electron chi connectivity index (χ2n) is 6.85. The lowest BCUT2D eigenvalue weighted by Gasteiger charge is -2.19. The third-order valence-corrected chi connectivity index (χ3v) is 4.56. The van der Waals surface area contributed by atoms with Crippen LogP contribution < -0.4 is 9.47 Å². The zero-order chi connectivity index (χ0) is 19.6. The SMILES string of the molecule is CCC(Oc1c(F)cc(-c2ccc(C)cc2)c(OCC2CC2)c1F)C(=O)O. The second kappa shape index (κ2) is 7.94. The van der Waals surface area contributed by atoms with E-state index >= 15 is 4.39 Å². The van der Waals surface area contributed by atoms with Crippen LogP contribution in [-0.2, 0) is 4.79 Å². The summed E-state index contributed by atoms with van der Waals surface area (Å²) in [6.07, 6.45) is 0.772. The zero-order valence-electron chi connectivity index (χ0n) is 15.3. The summed E-state index contributed by atoms with van der Waals surface area (Å²) in [5.74, 6) is -3.70. The van der Waals surface area contributed by atoms with E-state index in [-0.39, 0.29) is 17.7 Å². The highest BCUT2D eigenvalue weighted by atomic mass is 19.1. The molecule has 2 aromatic carbocycles. The van der Waals surface area contributed by atoms with Gasteiger partial charge in [-0.15, -0.1) is 0 Å². The number of hydrogen-bond donors (Lipinski definition) is 1. The Hall–Kier alpha value is -2.63. The number of rotatable bonds is 8. The van der Waals surface area contributed by atoms with Crippen LogP contribution in [0.25, 0.3) is 11.1 Å². The van der Waals surface area contributed by atoms with E-state index in [4.69, 9.17) is 14.6 Å². The van der Waals surface area contributed by atoms with Crippen molar-refractivity contribution < 1.29 is 28.2 Å². The van der Waals surface area contributed by atoms with E-state index in [1.807, 2.05) is 19.1 Å². The largest absolute Gasteiger partial charge is 0.489 e. The van der Waals surface area contributed by atoms with Crippen LogP contribution >= 0.6 is 0 Å². The molecule has 1 unspecified atom stereocenters. The molecule has 0 aromatic heterocycles. The molecule has 0 saturated heterocycles. The maximum atomic E-state index is 15.1. The van der Waals surface area contributed by atoms with Gasteiger partial charge >= 0.3 is 5.97 Å². The molecule has 3 rings (SSSR count). The van der Waals surface area contributed by atoms with Gasteiger partial charge in [-0.05, 0) is 43.7 Å². The van der Waals surface area contributed by atoms with Crippen LogP contribution in [0, 0.1) is 24.5 Å². The number of aliphatic carboxylic acids is 1. The molecular formula is C21H22F2O4. The highest BCUT2D eigenvalue weighted by Crippen LogP contribution is 2.41. The molecule has 0 amide bonds. The number of carboxylic acids is 1. The van der Waals surface area contributed by atoms with Gasteiger partial charge in [0.1, 0.15) is 0 Å². The number of carbonyl (C=O) groups is 1. The molecule has 144 valence electrons. The van der Waals surface area contributed by atoms with Gasteiger partial charge in [-0.1, -0.05) is 36.8 Å². The molecule has 0 radical (unpaired) electrons. The van der Waals surface area contributed by atoms with Crippen LogP contribution in [0.3, 0.4) is 0 Å². The van der Waals surface area contributed by atoms with Crippen molar-refractivity contribution in [2.45, 2.75) is 39.2 Å². The fraction of sp³-hybridized carbons (Fsp3) is 0.381. The molecule has 2 aromatic rings. The van der Waals surface area contributed by atoms with Gasteiger partial charge < -0.3 is 14.6 Å². The van der Waals surface area contributed by atoms with Gasteiger partial charge in [0.25, 0.3) is 0 Å². The Kier molecular flexibility index (Phi) is 5.63. The van der Waals surface area contributed by atoms with Crippen molar-refractivity contribution in [1.29, 1.82) is 0 Å². The quantitative estimate of drug-likeness (QED) is 0.707. The fourth-order valence-electron chi connectivity index (χ4n) is 2.72. The van der Waals surface area contributed by atoms with Crippen molar-refractivity contribution in [3.63, 3.8) is 0 Å². The van der Waals surface area contributed by atoms with E-state index in [1.54, 1.807) is 19.1 Å². The van der Waals surface area contributed by atoms with Crippen molar-refractivity contribution in [3.05, 3.63) is 47.5 Å². The average Bonchev–Trinajstić information content (AvgIpc) is 3.45. The van der Waals surface area contributed by atoms with Crippen LogP contribution in [0.2, 0.25) is 0 Å². The van der Waals surface area contributed by atoms with E-state index in [0.717, 1.165) is 24.5 Å². The summed E-state index contributed by atoms with van der Waals surface area (Å²) in [6, 6.07) is 8.36. The molecule has 0 heterocycles. The number of carboxylic acid groups (broad SMARTS) is 1. The first kappa shape index (κ1) is 19.1. The van der Waals surface area contributed by atoms with Gasteiger partial charge in [0.2, 0.25) is 5.82 Å². The van der Waals surface area contributed by atoms with E-state index in [9.17, 15) is 9.18 Å². The molecule has 1 saturated carbocycles. The number of aryl methyl sites for hydroxylation is 1. The lowest BCUT2D eigenvalue weighted by Crippen LogP contribution is -2.27. The molecule has 6 heteroatoms. The summed E-state index contributed by atoms with van der Waals surface area (Å²) in [7, 11) is 0. The third kappa shape index (κ3) is 4.38. The highest BCUT2D eigenvalue weighted by Gasteiger charge is 2.28. The van der Waals surface area contributed by atoms with E-state index in [2.05, 4.69) is 0 Å². The Bertz CT molecular complexity index is 829. The minimum atomic E-state index is -1.34. The normalized spacial score (nSPS) is 14.7. The Labute approximate surface area is 156 Å². The summed E-state index contributed by atoms with van der Waals surface area (Å²) < 4.78 is 40.5. The fourth-order valence-corrected chi connectivity index (χ4v) is 2.72. The minimum absolute atomic E-state index is 0.0756. The van der Waals surface area contributed by atoms with Crippen molar-refractivity contribution in [2.75, 3.05) is 6.61 Å². The molecule has 1 aliphatic carbocycles. The number of halogens is 2. The standard InChI is InChI=1S/C21H22F2O4/c1-3-17(21(24)25)27-20-16(22)10-15(14-8-4-12(2)5-9-14)19(18(20)23)26-11-13-6-7-13/h4-5,8-10,13,17H,3,6-7,11H2,1-2H3,(H,24,25). The number of ether oxygens (including phenoxy) is 2. The molecule has 1 N–H and O–H groups in total. The first-order chi connectivity index (χ1) is 12.9. The van der Waals surface area contributed by atoms with E-state index in [1.165, 1.54) is 0 Å². The van der Waals surface area contributed by atoms with Gasteiger partial charge in [-0.2, -0.15) is 4.39 Å². The number of benzene rings is 2. The minimum Gasteiger partial charge on any atom is -0.489 e. The monoisotopic (exact) mass is 376 g/mol. The molecule has 4 nitrogen and oxygen atoms in total. The third-order valence-electron chi connectivity index (χ3n) is 4.56. The first-order valence-corrected chi connectivity index (χ1v) is 9.02. The molecular weight excluding hydrogens is 354 g/mol. The van der Waals surface area contributed by atoms with Crippen LogP contribution in [0.4, 0.5) is 8.78 Å². The van der Waals surface area contributed by atoms with Gasteiger partial charge in [0.15, 0.2) is 23.4 Å². The highest BCUT2D eigenvalue weighted by molar-refractivity contribution is 5.74. The zero-order valence-corrected chi connectivity index (χ0v) is 15.3. The molecule has 0 bridgehead atoms. The Morgan fingerprint density at radius 3 is 2.44 bits per heavy atom. The second-order valence-corrected chi connectivity index (χ2v) is 6.85. The van der Waals surface area contributed by atoms with Crippen molar-refractivity contribution in [3.8, 4) is 22.6 Å². The molecule has 1 atom stereocenters. The summed E-state index contributed by atoms with van der Waals surface area (Å²) in [5, 5.41) is 9.13. The van der Waals surface area contributed by atoms with Gasteiger partial charge in [-0.3, -0.25) is 0 Å². The summed E-state index contributed by atoms with van der Waals surface area (Å²) >= 11 is 0. The average molecular weight is 376 g/mol. The molecule has 27 heavy (non-hydrogen) atoms. The van der Waals surface area contributed by atoms with Gasteiger partial charge in [0, 0.05) is 5.56 Å². The van der Waals surface area contributed by atoms with Crippen molar-refractivity contribution >= 4 is 5.97 Å². The maximum absolute atomic E-state index is 15.1. The lowest BCUT2D eigenvalue weighted by molar-refractivity contribution is -0.145. The lowest BCUT2D eigenvalue weighted by atomic mass is 10.0. The van der Waals surface area contributed by atoms with Crippen LogP contribution in [-0.4, -0.2) is 23.8 Å². The Morgan fingerprint density at radius 1 is 1.22 bits per heavy atom.